The van der Waals surface area contributed by atoms with Gasteiger partial charge in [-0.15, -0.1) is 11.8 Å². The molecule has 0 aliphatic heterocycles. The standard InChI is InChI=1S/C16H24N2O2S/c1-11-3-6-13(7-4-11)18-16(19)10-21-15-8-5-12(17)9-14(15)20-2/h5,8-9,11,13H,3-4,6-7,10,17H2,1-2H3,(H,18,19). The van der Waals surface area contributed by atoms with Crippen molar-refractivity contribution in [2.75, 3.05) is 18.6 Å². The fourth-order valence-electron chi connectivity index (χ4n) is 2.62. The third kappa shape index (κ3) is 4.84. The Morgan fingerprint density at radius 1 is 1.38 bits per heavy atom. The maximum Gasteiger partial charge on any atom is 0.230 e. The van der Waals surface area contributed by atoms with Crippen LogP contribution in [0.4, 0.5) is 5.69 Å². The summed E-state index contributed by atoms with van der Waals surface area (Å²) in [7, 11) is 1.61. The van der Waals surface area contributed by atoms with Crippen LogP contribution in [0.3, 0.4) is 0 Å². The number of rotatable bonds is 5. The molecule has 2 rings (SSSR count). The number of thioether (sulfide) groups is 1. The van der Waals surface area contributed by atoms with Gasteiger partial charge >= 0.3 is 0 Å². The first-order chi connectivity index (χ1) is 10.1. The Bertz CT molecular complexity index is 485. The van der Waals surface area contributed by atoms with E-state index in [0.717, 1.165) is 29.4 Å². The molecule has 0 bridgehead atoms. The van der Waals surface area contributed by atoms with E-state index in [4.69, 9.17) is 10.5 Å². The Morgan fingerprint density at radius 3 is 2.76 bits per heavy atom. The molecule has 0 atom stereocenters. The van der Waals surface area contributed by atoms with Crippen molar-refractivity contribution in [3.05, 3.63) is 18.2 Å². The summed E-state index contributed by atoms with van der Waals surface area (Å²) in [6.07, 6.45) is 4.62. The molecule has 1 fully saturated rings. The number of carbonyl (C=O) groups is 1. The van der Waals surface area contributed by atoms with Crippen LogP contribution in [-0.2, 0) is 4.79 Å². The van der Waals surface area contributed by atoms with Gasteiger partial charge in [-0.2, -0.15) is 0 Å². The molecule has 4 nitrogen and oxygen atoms in total. The van der Waals surface area contributed by atoms with Crippen LogP contribution in [-0.4, -0.2) is 24.8 Å². The van der Waals surface area contributed by atoms with Crippen molar-refractivity contribution in [1.82, 2.24) is 5.32 Å². The number of hydrogen-bond donors (Lipinski definition) is 2. The lowest BCUT2D eigenvalue weighted by Crippen LogP contribution is -2.38. The summed E-state index contributed by atoms with van der Waals surface area (Å²) < 4.78 is 5.29. The van der Waals surface area contributed by atoms with E-state index in [1.165, 1.54) is 24.6 Å². The molecule has 1 aromatic carbocycles. The van der Waals surface area contributed by atoms with Gasteiger partial charge in [0.2, 0.25) is 5.91 Å². The van der Waals surface area contributed by atoms with Crippen LogP contribution in [0, 0.1) is 5.92 Å². The predicted octanol–water partition coefficient (Wildman–Crippen LogP) is 3.06. The second-order valence-corrected chi connectivity index (χ2v) is 6.74. The topological polar surface area (TPSA) is 64.3 Å². The second-order valence-electron chi connectivity index (χ2n) is 5.72. The average Bonchev–Trinajstić information content (AvgIpc) is 2.48. The first-order valence-electron chi connectivity index (χ1n) is 7.44. The van der Waals surface area contributed by atoms with E-state index < -0.39 is 0 Å². The first kappa shape index (κ1) is 16.0. The van der Waals surface area contributed by atoms with Crippen molar-refractivity contribution in [1.29, 1.82) is 0 Å². The van der Waals surface area contributed by atoms with Crippen LogP contribution < -0.4 is 15.8 Å². The van der Waals surface area contributed by atoms with Crippen LogP contribution in [0.2, 0.25) is 0 Å². The number of nitrogens with one attached hydrogen (secondary N) is 1. The minimum Gasteiger partial charge on any atom is -0.496 e. The van der Waals surface area contributed by atoms with E-state index in [-0.39, 0.29) is 5.91 Å². The monoisotopic (exact) mass is 308 g/mol. The Balaban J connectivity index is 1.81. The number of amides is 1. The Kier molecular flexibility index (Phi) is 5.79. The highest BCUT2D eigenvalue weighted by atomic mass is 32.2. The van der Waals surface area contributed by atoms with E-state index in [1.807, 2.05) is 12.1 Å². The van der Waals surface area contributed by atoms with Gasteiger partial charge in [0.05, 0.1) is 12.9 Å². The molecule has 116 valence electrons. The average molecular weight is 308 g/mol. The molecule has 21 heavy (non-hydrogen) atoms. The van der Waals surface area contributed by atoms with E-state index in [1.54, 1.807) is 13.2 Å². The van der Waals surface area contributed by atoms with Gasteiger partial charge in [0.15, 0.2) is 0 Å². The quantitative estimate of drug-likeness (QED) is 0.648. The molecule has 0 aromatic heterocycles. The number of anilines is 1. The van der Waals surface area contributed by atoms with Gasteiger partial charge in [0.25, 0.3) is 0 Å². The highest BCUT2D eigenvalue weighted by Gasteiger charge is 2.19. The maximum absolute atomic E-state index is 12.0. The van der Waals surface area contributed by atoms with Gasteiger partial charge in [-0.3, -0.25) is 4.79 Å². The maximum atomic E-state index is 12.0. The van der Waals surface area contributed by atoms with E-state index in [0.29, 0.717) is 17.5 Å². The van der Waals surface area contributed by atoms with Crippen LogP contribution in [0.25, 0.3) is 0 Å². The molecule has 0 unspecified atom stereocenters. The van der Waals surface area contributed by atoms with E-state index >= 15 is 0 Å². The highest BCUT2D eigenvalue weighted by Crippen LogP contribution is 2.31. The van der Waals surface area contributed by atoms with Crippen LogP contribution >= 0.6 is 11.8 Å². The molecule has 1 saturated carbocycles. The van der Waals surface area contributed by atoms with Gasteiger partial charge in [-0.1, -0.05) is 6.92 Å². The zero-order valence-electron chi connectivity index (χ0n) is 12.7. The molecule has 3 N–H and O–H groups in total. The van der Waals surface area contributed by atoms with Crippen LogP contribution in [0.15, 0.2) is 23.1 Å². The fraction of sp³-hybridized carbons (Fsp3) is 0.562. The van der Waals surface area contributed by atoms with Crippen LogP contribution in [0.1, 0.15) is 32.6 Å². The van der Waals surface area contributed by atoms with Crippen molar-refractivity contribution < 1.29 is 9.53 Å². The molecule has 1 amide bonds. The number of methoxy groups -OCH3 is 1. The second kappa shape index (κ2) is 7.59. The van der Waals surface area contributed by atoms with Crippen LogP contribution in [0.5, 0.6) is 5.75 Å². The molecule has 1 aliphatic carbocycles. The summed E-state index contributed by atoms with van der Waals surface area (Å²) in [4.78, 5) is 13.0. The van der Waals surface area contributed by atoms with Crippen molar-refractivity contribution in [2.45, 2.75) is 43.5 Å². The third-order valence-electron chi connectivity index (χ3n) is 3.93. The minimum atomic E-state index is 0.0958. The normalized spacial score (nSPS) is 21.8. The largest absolute Gasteiger partial charge is 0.496 e. The molecule has 1 aromatic rings. The summed E-state index contributed by atoms with van der Waals surface area (Å²) in [5, 5.41) is 3.13. The summed E-state index contributed by atoms with van der Waals surface area (Å²) in [6.45, 7) is 2.28. The third-order valence-corrected chi connectivity index (χ3v) is 4.98. The van der Waals surface area contributed by atoms with Crippen molar-refractivity contribution in [3.63, 3.8) is 0 Å². The smallest absolute Gasteiger partial charge is 0.230 e. The lowest BCUT2D eigenvalue weighted by molar-refractivity contribution is -0.119. The minimum absolute atomic E-state index is 0.0958. The molecule has 0 spiro atoms. The molecule has 1 aliphatic rings. The Hall–Kier alpha value is -1.36. The number of hydrogen-bond acceptors (Lipinski definition) is 4. The number of ether oxygens (including phenoxy) is 1. The fourth-order valence-corrected chi connectivity index (χ4v) is 3.44. The van der Waals surface area contributed by atoms with Crippen molar-refractivity contribution in [2.24, 2.45) is 5.92 Å². The Labute approximate surface area is 130 Å². The van der Waals surface area contributed by atoms with Gasteiger partial charge in [-0.05, 0) is 43.7 Å². The SMILES string of the molecule is COc1cc(N)ccc1SCC(=O)NC1CCC(C)CC1. The van der Waals surface area contributed by atoms with E-state index in [2.05, 4.69) is 12.2 Å². The van der Waals surface area contributed by atoms with Gasteiger partial charge < -0.3 is 15.8 Å². The van der Waals surface area contributed by atoms with Crippen molar-refractivity contribution in [3.8, 4) is 5.75 Å². The molecular weight excluding hydrogens is 284 g/mol. The highest BCUT2D eigenvalue weighted by molar-refractivity contribution is 8.00. The molecular formula is C16H24N2O2S. The first-order valence-corrected chi connectivity index (χ1v) is 8.42. The molecule has 0 heterocycles. The van der Waals surface area contributed by atoms with Gasteiger partial charge in [-0.25, -0.2) is 0 Å². The zero-order chi connectivity index (χ0) is 15.2. The lowest BCUT2D eigenvalue weighted by atomic mass is 9.87. The Morgan fingerprint density at radius 2 is 2.10 bits per heavy atom. The van der Waals surface area contributed by atoms with Gasteiger partial charge in [0, 0.05) is 22.7 Å². The lowest BCUT2D eigenvalue weighted by Gasteiger charge is -2.26. The molecule has 5 heteroatoms. The number of benzene rings is 1. The number of nitrogens with two attached hydrogens (primary N) is 1. The summed E-state index contributed by atoms with van der Waals surface area (Å²) in [6, 6.07) is 5.85. The number of nitrogen functional groups attached to an aromatic ring is 1. The predicted molar refractivity (Wildman–Crippen MR) is 87.7 cm³/mol. The zero-order valence-corrected chi connectivity index (χ0v) is 13.5. The summed E-state index contributed by atoms with van der Waals surface area (Å²) >= 11 is 1.48. The molecule has 0 saturated heterocycles. The van der Waals surface area contributed by atoms with Crippen molar-refractivity contribution >= 4 is 23.4 Å². The number of carbonyl (C=O) groups excluding carboxylic acids is 1. The molecule has 0 radical (unpaired) electrons. The summed E-state index contributed by atoms with van der Waals surface area (Å²) in [5.41, 5.74) is 6.39. The van der Waals surface area contributed by atoms with Gasteiger partial charge in [0.1, 0.15) is 5.75 Å². The van der Waals surface area contributed by atoms with E-state index in [9.17, 15) is 4.79 Å². The summed E-state index contributed by atoms with van der Waals surface area (Å²) in [5.74, 6) is 2.02.